The van der Waals surface area contributed by atoms with Gasteiger partial charge >= 0.3 is 5.97 Å². The topological polar surface area (TPSA) is 148 Å². The van der Waals surface area contributed by atoms with E-state index in [4.69, 9.17) is 10.5 Å². The number of nitrogens with one attached hydrogen (secondary N) is 2. The third-order valence-electron chi connectivity index (χ3n) is 5.23. The van der Waals surface area contributed by atoms with Crippen molar-refractivity contribution in [1.29, 1.82) is 0 Å². The fourth-order valence-electron chi connectivity index (χ4n) is 3.47. The van der Waals surface area contributed by atoms with Crippen LogP contribution in [0.15, 0.2) is 36.4 Å². The molecule has 0 fully saturated rings. The second-order valence-corrected chi connectivity index (χ2v) is 9.21. The zero-order valence-electron chi connectivity index (χ0n) is 20.5. The number of carbonyl (C=O) groups is 4. The number of esters is 1. The number of hydrogen-bond donors (Lipinski definition) is 4. The van der Waals surface area contributed by atoms with E-state index in [1.54, 1.807) is 32.9 Å². The van der Waals surface area contributed by atoms with Gasteiger partial charge in [0.15, 0.2) is 6.29 Å². The SMILES string of the molecule is Cc1cc(CO)ccc1CNc1cccc(C(=O)NC(CCC(=O)OC(C)(C)C)C(N)=O)c1C=O. The van der Waals surface area contributed by atoms with Crippen LogP contribution in [0.5, 0.6) is 0 Å². The van der Waals surface area contributed by atoms with Gasteiger partial charge in [-0.05, 0) is 62.9 Å². The first-order valence-corrected chi connectivity index (χ1v) is 11.3. The predicted molar refractivity (Wildman–Crippen MR) is 132 cm³/mol. The molecule has 0 aliphatic rings. The summed E-state index contributed by atoms with van der Waals surface area (Å²) in [5.74, 6) is -1.97. The molecule has 0 aliphatic heterocycles. The molecule has 0 aromatic heterocycles. The van der Waals surface area contributed by atoms with Crippen molar-refractivity contribution in [2.45, 2.75) is 65.3 Å². The first kappa shape index (κ1) is 27.5. The maximum absolute atomic E-state index is 12.9. The lowest BCUT2D eigenvalue weighted by atomic mass is 10.0. The smallest absolute Gasteiger partial charge is 0.306 e. The monoisotopic (exact) mass is 483 g/mol. The van der Waals surface area contributed by atoms with Crippen LogP contribution in [-0.4, -0.2) is 40.8 Å². The third-order valence-corrected chi connectivity index (χ3v) is 5.23. The molecule has 188 valence electrons. The molecular formula is C26H33N3O6. The van der Waals surface area contributed by atoms with Gasteiger partial charge < -0.3 is 26.2 Å². The standard InChI is InChI=1S/C26H33N3O6/c1-16-12-17(14-30)8-9-18(16)13-28-21-7-5-6-19(20(21)15-31)25(34)29-22(24(27)33)10-11-23(32)35-26(2,3)4/h5-9,12,15,22,28,30H,10-11,13-14H2,1-4H3,(H2,27,33)(H,29,34). The van der Waals surface area contributed by atoms with E-state index >= 15 is 0 Å². The molecule has 9 nitrogen and oxygen atoms in total. The Labute approximate surface area is 205 Å². The summed E-state index contributed by atoms with van der Waals surface area (Å²) < 4.78 is 5.22. The molecule has 2 aromatic carbocycles. The molecule has 2 aromatic rings. The summed E-state index contributed by atoms with van der Waals surface area (Å²) in [4.78, 5) is 48.7. The van der Waals surface area contributed by atoms with Gasteiger partial charge in [0, 0.05) is 18.7 Å². The number of rotatable bonds is 11. The molecule has 35 heavy (non-hydrogen) atoms. The molecule has 1 atom stereocenters. The summed E-state index contributed by atoms with van der Waals surface area (Å²) in [6.45, 7) is 7.44. The fourth-order valence-corrected chi connectivity index (χ4v) is 3.47. The average Bonchev–Trinajstić information content (AvgIpc) is 2.78. The lowest BCUT2D eigenvalue weighted by Crippen LogP contribution is -2.45. The van der Waals surface area contributed by atoms with Crippen LogP contribution in [-0.2, 0) is 27.5 Å². The number of carbonyl (C=O) groups excluding carboxylic acids is 4. The predicted octanol–water partition coefficient (Wildman–Crippen LogP) is 2.62. The summed E-state index contributed by atoms with van der Waals surface area (Å²) in [6.07, 6.45) is 0.425. The van der Waals surface area contributed by atoms with Gasteiger partial charge in [-0.3, -0.25) is 19.2 Å². The number of amides is 2. The van der Waals surface area contributed by atoms with Crippen LogP contribution in [0.1, 0.15) is 71.0 Å². The highest BCUT2D eigenvalue weighted by Gasteiger charge is 2.24. The van der Waals surface area contributed by atoms with Crippen LogP contribution in [0.2, 0.25) is 0 Å². The number of aliphatic hydroxyl groups excluding tert-OH is 1. The number of benzene rings is 2. The summed E-state index contributed by atoms with van der Waals surface area (Å²) in [7, 11) is 0. The van der Waals surface area contributed by atoms with Crippen LogP contribution in [0.4, 0.5) is 5.69 Å². The van der Waals surface area contributed by atoms with E-state index in [-0.39, 0.29) is 30.6 Å². The van der Waals surface area contributed by atoms with Crippen LogP contribution in [0, 0.1) is 6.92 Å². The van der Waals surface area contributed by atoms with Gasteiger partial charge in [-0.25, -0.2) is 0 Å². The summed E-state index contributed by atoms with van der Waals surface area (Å²) in [5.41, 5.74) is 8.13. The zero-order valence-corrected chi connectivity index (χ0v) is 20.5. The normalized spacial score (nSPS) is 11.9. The third kappa shape index (κ3) is 8.22. The van der Waals surface area contributed by atoms with Crippen molar-refractivity contribution in [3.05, 3.63) is 64.2 Å². The van der Waals surface area contributed by atoms with Crippen LogP contribution < -0.4 is 16.4 Å². The molecule has 0 bridgehead atoms. The first-order valence-electron chi connectivity index (χ1n) is 11.3. The Balaban J connectivity index is 2.14. The van der Waals surface area contributed by atoms with Crippen molar-refractivity contribution < 1.29 is 29.0 Å². The molecular weight excluding hydrogens is 450 g/mol. The minimum absolute atomic E-state index is 0.0343. The molecule has 5 N–H and O–H groups in total. The number of anilines is 1. The Hall–Kier alpha value is -3.72. The molecule has 9 heteroatoms. The molecule has 1 unspecified atom stereocenters. The van der Waals surface area contributed by atoms with E-state index in [2.05, 4.69) is 10.6 Å². The van der Waals surface area contributed by atoms with Crippen LogP contribution in [0.25, 0.3) is 0 Å². The lowest BCUT2D eigenvalue weighted by Gasteiger charge is -2.21. The van der Waals surface area contributed by atoms with E-state index in [9.17, 15) is 24.3 Å². The molecule has 2 rings (SSSR count). The Morgan fingerprint density at radius 2 is 1.89 bits per heavy atom. The highest BCUT2D eigenvalue weighted by atomic mass is 16.6. The number of aliphatic hydroxyl groups is 1. The second-order valence-electron chi connectivity index (χ2n) is 9.21. The van der Waals surface area contributed by atoms with Gasteiger partial charge in [0.2, 0.25) is 5.91 Å². The molecule has 0 spiro atoms. The van der Waals surface area contributed by atoms with Crippen molar-refractivity contribution in [3.8, 4) is 0 Å². The molecule has 0 radical (unpaired) electrons. The summed E-state index contributed by atoms with van der Waals surface area (Å²) in [5, 5.41) is 15.0. The minimum Gasteiger partial charge on any atom is -0.460 e. The number of nitrogens with two attached hydrogens (primary N) is 1. The van der Waals surface area contributed by atoms with Crippen LogP contribution >= 0.6 is 0 Å². The zero-order chi connectivity index (χ0) is 26.2. The van der Waals surface area contributed by atoms with E-state index in [1.807, 2.05) is 25.1 Å². The number of primary amides is 1. The van der Waals surface area contributed by atoms with Gasteiger partial charge in [-0.2, -0.15) is 0 Å². The largest absolute Gasteiger partial charge is 0.460 e. The minimum atomic E-state index is -1.11. The van der Waals surface area contributed by atoms with Gasteiger partial charge in [0.25, 0.3) is 5.91 Å². The fraction of sp³-hybridized carbons (Fsp3) is 0.385. The summed E-state index contributed by atoms with van der Waals surface area (Å²) in [6, 6.07) is 9.22. The Bertz CT molecular complexity index is 1090. The van der Waals surface area contributed by atoms with Gasteiger partial charge in [-0.1, -0.05) is 24.3 Å². The summed E-state index contributed by atoms with van der Waals surface area (Å²) >= 11 is 0. The quantitative estimate of drug-likeness (QED) is 0.284. The highest BCUT2D eigenvalue weighted by molar-refractivity contribution is 6.05. The van der Waals surface area contributed by atoms with Crippen molar-refractivity contribution in [2.75, 3.05) is 5.32 Å². The Morgan fingerprint density at radius 3 is 2.46 bits per heavy atom. The number of ether oxygens (including phenoxy) is 1. The van der Waals surface area contributed by atoms with Crippen molar-refractivity contribution in [1.82, 2.24) is 5.32 Å². The van der Waals surface area contributed by atoms with Crippen molar-refractivity contribution >= 4 is 29.8 Å². The lowest BCUT2D eigenvalue weighted by molar-refractivity contribution is -0.155. The molecule has 0 saturated heterocycles. The van der Waals surface area contributed by atoms with Crippen molar-refractivity contribution in [3.63, 3.8) is 0 Å². The maximum Gasteiger partial charge on any atom is 0.306 e. The van der Waals surface area contributed by atoms with Crippen molar-refractivity contribution in [2.24, 2.45) is 5.73 Å². The molecule has 0 saturated carbocycles. The Kier molecular flexibility index (Phi) is 9.53. The highest BCUT2D eigenvalue weighted by Crippen LogP contribution is 2.21. The maximum atomic E-state index is 12.9. The Morgan fingerprint density at radius 1 is 1.17 bits per heavy atom. The number of hydrogen-bond acceptors (Lipinski definition) is 7. The van der Waals surface area contributed by atoms with Gasteiger partial charge in [0.05, 0.1) is 17.7 Å². The second kappa shape index (κ2) is 12.1. The van der Waals surface area contributed by atoms with E-state index < -0.39 is 29.4 Å². The van der Waals surface area contributed by atoms with E-state index in [0.717, 1.165) is 16.7 Å². The number of aldehydes is 1. The van der Waals surface area contributed by atoms with E-state index in [1.165, 1.54) is 6.07 Å². The molecule has 0 aliphatic carbocycles. The molecule has 2 amide bonds. The van der Waals surface area contributed by atoms with Gasteiger partial charge in [-0.15, -0.1) is 0 Å². The first-order chi connectivity index (χ1) is 16.4. The van der Waals surface area contributed by atoms with E-state index in [0.29, 0.717) is 18.5 Å². The average molecular weight is 484 g/mol. The van der Waals surface area contributed by atoms with Gasteiger partial charge in [0.1, 0.15) is 11.6 Å². The van der Waals surface area contributed by atoms with Crippen LogP contribution in [0.3, 0.4) is 0 Å². The number of aryl methyl sites for hydroxylation is 1. The molecule has 0 heterocycles.